The van der Waals surface area contributed by atoms with Crippen LogP contribution in [0.25, 0.3) is 0 Å². The van der Waals surface area contributed by atoms with E-state index in [0.29, 0.717) is 19.4 Å². The minimum Gasteiger partial charge on any atom is -0.368 e. The Balaban J connectivity index is 2.38. The summed E-state index contributed by atoms with van der Waals surface area (Å²) in [5.74, 6) is -0.675. The third-order valence-corrected chi connectivity index (χ3v) is 3.78. The largest absolute Gasteiger partial charge is 0.368 e. The Hall–Kier alpha value is -0.660. The lowest BCUT2D eigenvalue weighted by Crippen LogP contribution is -2.53. The van der Waals surface area contributed by atoms with Crippen molar-refractivity contribution in [3.05, 3.63) is 0 Å². The molecule has 4 N–H and O–H groups in total. The molecule has 16 heavy (non-hydrogen) atoms. The molecule has 6 nitrogen and oxygen atoms in total. The van der Waals surface area contributed by atoms with Crippen LogP contribution < -0.4 is 11.1 Å². The molecule has 0 aliphatic heterocycles. The summed E-state index contributed by atoms with van der Waals surface area (Å²) < 4.78 is 29.5. The van der Waals surface area contributed by atoms with E-state index in [4.69, 9.17) is 10.3 Å². The summed E-state index contributed by atoms with van der Waals surface area (Å²) in [6.45, 7) is 0.364. The molecule has 0 bridgehead atoms. The Kier molecular flexibility index (Phi) is 4.28. The number of carbonyl (C=O) groups excluding carboxylic acids is 1. The van der Waals surface area contributed by atoms with Crippen molar-refractivity contribution in [2.45, 2.75) is 37.6 Å². The Labute approximate surface area is 95.3 Å². The van der Waals surface area contributed by atoms with Crippen LogP contribution in [0.3, 0.4) is 0 Å². The molecule has 7 heteroatoms. The number of primary amides is 1. The summed E-state index contributed by atoms with van der Waals surface area (Å²) in [7, 11) is -3.92. The molecule has 0 radical (unpaired) electrons. The topological polar surface area (TPSA) is 109 Å². The minimum atomic E-state index is -3.92. The molecular formula is C9H18N2O4S. The van der Waals surface area contributed by atoms with E-state index in [2.05, 4.69) is 5.32 Å². The molecule has 0 unspecified atom stereocenters. The highest BCUT2D eigenvalue weighted by Crippen LogP contribution is 2.29. The fraction of sp³-hybridized carbons (Fsp3) is 0.889. The number of carbonyl (C=O) groups is 1. The van der Waals surface area contributed by atoms with E-state index < -0.39 is 15.7 Å². The number of nitrogens with two attached hydrogens (primary N) is 1. The molecule has 1 fully saturated rings. The normalized spacial score (nSPS) is 19.8. The monoisotopic (exact) mass is 250 g/mol. The number of amides is 1. The molecule has 0 aromatic heterocycles. The van der Waals surface area contributed by atoms with Gasteiger partial charge in [0.1, 0.15) is 0 Å². The molecule has 0 saturated heterocycles. The van der Waals surface area contributed by atoms with Gasteiger partial charge in [0.15, 0.2) is 0 Å². The second kappa shape index (κ2) is 5.11. The van der Waals surface area contributed by atoms with Crippen LogP contribution in [0.5, 0.6) is 0 Å². The molecular weight excluding hydrogens is 232 g/mol. The summed E-state index contributed by atoms with van der Waals surface area (Å²) in [5.41, 5.74) is 4.66. The van der Waals surface area contributed by atoms with Crippen LogP contribution in [0, 0.1) is 0 Å². The number of nitrogens with one attached hydrogen (secondary N) is 1. The molecule has 1 rings (SSSR count). The van der Waals surface area contributed by atoms with E-state index in [-0.39, 0.29) is 18.1 Å². The maximum atomic E-state index is 11.3. The third-order valence-electron chi connectivity index (χ3n) is 2.97. The van der Waals surface area contributed by atoms with Crippen molar-refractivity contribution in [3.8, 4) is 0 Å². The quantitative estimate of drug-likeness (QED) is 0.441. The standard InChI is InChI=1S/C9H18N2O4S/c10-8(12)9(4-1-2-5-9)11-6-3-7-16(13,14)15/h11H,1-7H2,(H2,10,12)(H,13,14,15). The van der Waals surface area contributed by atoms with Gasteiger partial charge in [-0.2, -0.15) is 8.42 Å². The maximum Gasteiger partial charge on any atom is 0.264 e. The fourth-order valence-electron chi connectivity index (χ4n) is 2.07. The SMILES string of the molecule is NC(=O)C1(NCCCS(=O)(=O)O)CCCC1. The summed E-state index contributed by atoms with van der Waals surface area (Å²) in [5, 5.41) is 3.02. The van der Waals surface area contributed by atoms with E-state index in [1.165, 1.54) is 0 Å². The second-order valence-corrected chi connectivity index (χ2v) is 5.79. The molecule has 1 aliphatic carbocycles. The zero-order valence-corrected chi connectivity index (χ0v) is 9.92. The second-order valence-electron chi connectivity index (χ2n) is 4.22. The summed E-state index contributed by atoms with van der Waals surface area (Å²) in [6, 6.07) is 0. The Morgan fingerprint density at radius 1 is 1.38 bits per heavy atom. The molecule has 0 spiro atoms. The molecule has 0 atom stereocenters. The molecule has 1 amide bonds. The predicted molar refractivity (Wildman–Crippen MR) is 59.4 cm³/mol. The van der Waals surface area contributed by atoms with Gasteiger partial charge in [-0.05, 0) is 25.8 Å². The Morgan fingerprint density at radius 3 is 2.38 bits per heavy atom. The first-order valence-electron chi connectivity index (χ1n) is 5.36. The van der Waals surface area contributed by atoms with E-state index in [1.807, 2.05) is 0 Å². The average molecular weight is 250 g/mol. The van der Waals surface area contributed by atoms with Gasteiger partial charge in [0, 0.05) is 0 Å². The molecule has 0 heterocycles. The highest BCUT2D eigenvalue weighted by Gasteiger charge is 2.38. The Bertz CT molecular complexity index is 347. The van der Waals surface area contributed by atoms with Crippen LogP contribution >= 0.6 is 0 Å². The zero-order valence-electron chi connectivity index (χ0n) is 9.11. The molecule has 1 aliphatic rings. The van der Waals surface area contributed by atoms with Gasteiger partial charge < -0.3 is 11.1 Å². The van der Waals surface area contributed by atoms with Crippen molar-refractivity contribution in [2.75, 3.05) is 12.3 Å². The molecule has 94 valence electrons. The third kappa shape index (κ3) is 3.73. The maximum absolute atomic E-state index is 11.3. The summed E-state index contributed by atoms with van der Waals surface area (Å²) >= 11 is 0. The number of hydrogen-bond acceptors (Lipinski definition) is 4. The summed E-state index contributed by atoms with van der Waals surface area (Å²) in [4.78, 5) is 11.3. The smallest absolute Gasteiger partial charge is 0.264 e. The van der Waals surface area contributed by atoms with Crippen molar-refractivity contribution in [1.82, 2.24) is 5.32 Å². The van der Waals surface area contributed by atoms with Gasteiger partial charge in [-0.1, -0.05) is 12.8 Å². The van der Waals surface area contributed by atoms with Crippen molar-refractivity contribution in [2.24, 2.45) is 5.73 Å². The summed E-state index contributed by atoms with van der Waals surface area (Å²) in [6.07, 6.45) is 3.58. The fourth-order valence-corrected chi connectivity index (χ4v) is 2.58. The van der Waals surface area contributed by atoms with Gasteiger partial charge in [-0.15, -0.1) is 0 Å². The first kappa shape index (κ1) is 13.4. The van der Waals surface area contributed by atoms with Crippen LogP contribution in [0.1, 0.15) is 32.1 Å². The van der Waals surface area contributed by atoms with Gasteiger partial charge in [-0.3, -0.25) is 9.35 Å². The Morgan fingerprint density at radius 2 is 1.94 bits per heavy atom. The lowest BCUT2D eigenvalue weighted by Gasteiger charge is -2.26. The first-order chi connectivity index (χ1) is 7.36. The molecule has 0 aromatic rings. The van der Waals surface area contributed by atoms with Crippen molar-refractivity contribution in [1.29, 1.82) is 0 Å². The molecule has 1 saturated carbocycles. The van der Waals surface area contributed by atoms with E-state index in [0.717, 1.165) is 12.8 Å². The van der Waals surface area contributed by atoms with Crippen LogP contribution in [0.2, 0.25) is 0 Å². The van der Waals surface area contributed by atoms with E-state index in [1.54, 1.807) is 0 Å². The van der Waals surface area contributed by atoms with E-state index >= 15 is 0 Å². The van der Waals surface area contributed by atoms with Crippen molar-refractivity contribution < 1.29 is 17.8 Å². The minimum absolute atomic E-state index is 0.272. The van der Waals surface area contributed by atoms with Gasteiger partial charge >= 0.3 is 0 Å². The zero-order chi connectivity index (χ0) is 12.2. The first-order valence-corrected chi connectivity index (χ1v) is 6.97. The lowest BCUT2D eigenvalue weighted by atomic mass is 9.97. The number of rotatable bonds is 6. The van der Waals surface area contributed by atoms with E-state index in [9.17, 15) is 13.2 Å². The van der Waals surface area contributed by atoms with Crippen LogP contribution in [0.15, 0.2) is 0 Å². The van der Waals surface area contributed by atoms with Crippen molar-refractivity contribution >= 4 is 16.0 Å². The highest BCUT2D eigenvalue weighted by molar-refractivity contribution is 7.85. The number of hydrogen-bond donors (Lipinski definition) is 3. The van der Waals surface area contributed by atoms with Crippen LogP contribution in [-0.4, -0.2) is 36.7 Å². The van der Waals surface area contributed by atoms with Gasteiger partial charge in [0.2, 0.25) is 5.91 Å². The van der Waals surface area contributed by atoms with Gasteiger partial charge in [-0.25, -0.2) is 0 Å². The van der Waals surface area contributed by atoms with Gasteiger partial charge in [0.25, 0.3) is 10.1 Å². The lowest BCUT2D eigenvalue weighted by molar-refractivity contribution is -0.124. The molecule has 0 aromatic carbocycles. The van der Waals surface area contributed by atoms with Crippen LogP contribution in [0.4, 0.5) is 0 Å². The average Bonchev–Trinajstić information content (AvgIpc) is 2.60. The highest BCUT2D eigenvalue weighted by atomic mass is 32.2. The van der Waals surface area contributed by atoms with Gasteiger partial charge in [0.05, 0.1) is 11.3 Å². The van der Waals surface area contributed by atoms with Crippen molar-refractivity contribution in [3.63, 3.8) is 0 Å². The predicted octanol–water partition coefficient (Wildman–Crippen LogP) is -0.348. The van der Waals surface area contributed by atoms with Crippen LogP contribution in [-0.2, 0) is 14.9 Å².